The fourth-order valence-electron chi connectivity index (χ4n) is 2.28. The van der Waals surface area contributed by atoms with Gasteiger partial charge in [0.1, 0.15) is 5.76 Å². The number of nitrogens with one attached hydrogen (secondary N) is 1. The van der Waals surface area contributed by atoms with Crippen molar-refractivity contribution in [3.05, 3.63) is 59.5 Å². The van der Waals surface area contributed by atoms with Crippen LogP contribution in [0.25, 0.3) is 0 Å². The molecule has 0 saturated carbocycles. The van der Waals surface area contributed by atoms with E-state index >= 15 is 0 Å². The van der Waals surface area contributed by atoms with Crippen molar-refractivity contribution < 1.29 is 17.6 Å². The van der Waals surface area contributed by atoms with Gasteiger partial charge in [-0.15, -0.1) is 0 Å². The molecule has 1 heterocycles. The molecular formula is C17H23N3O4S. The van der Waals surface area contributed by atoms with Crippen molar-refractivity contribution in [2.75, 3.05) is 19.3 Å². The third-order valence-electron chi connectivity index (χ3n) is 3.52. The highest BCUT2D eigenvalue weighted by Crippen LogP contribution is 2.14. The second-order valence-corrected chi connectivity index (χ2v) is 7.55. The summed E-state index contributed by atoms with van der Waals surface area (Å²) >= 11 is 0. The number of sulfonamides is 1. The summed E-state index contributed by atoms with van der Waals surface area (Å²) < 4.78 is 30.1. The maximum absolute atomic E-state index is 12.7. The second-order valence-electron chi connectivity index (χ2n) is 5.71. The molecule has 3 N–H and O–H groups in total. The minimum Gasteiger partial charge on any atom is -0.455 e. The van der Waals surface area contributed by atoms with E-state index in [1.54, 1.807) is 17.0 Å². The van der Waals surface area contributed by atoms with Gasteiger partial charge in [0.25, 0.3) is 5.91 Å². The van der Waals surface area contributed by atoms with Gasteiger partial charge in [-0.05, 0) is 30.7 Å². The monoisotopic (exact) mass is 365 g/mol. The van der Waals surface area contributed by atoms with Crippen LogP contribution < -0.4 is 10.5 Å². The van der Waals surface area contributed by atoms with Crippen molar-refractivity contribution in [3.63, 3.8) is 0 Å². The van der Waals surface area contributed by atoms with Crippen LogP contribution >= 0.6 is 0 Å². The molecular weight excluding hydrogens is 342 g/mol. The van der Waals surface area contributed by atoms with Gasteiger partial charge >= 0.3 is 0 Å². The molecule has 0 aliphatic rings. The fraction of sp³-hybridized carbons (Fsp3) is 0.353. The molecule has 2 aromatic rings. The Bertz CT molecular complexity index is 787. The molecule has 8 heteroatoms. The Morgan fingerprint density at radius 1 is 1.20 bits per heavy atom. The molecule has 0 radical (unpaired) electrons. The zero-order valence-corrected chi connectivity index (χ0v) is 15.0. The van der Waals surface area contributed by atoms with E-state index in [1.807, 2.05) is 30.3 Å². The number of benzene rings is 1. The molecule has 0 fully saturated rings. The Labute approximate surface area is 147 Å². The summed E-state index contributed by atoms with van der Waals surface area (Å²) in [7, 11) is -3.32. The van der Waals surface area contributed by atoms with Crippen LogP contribution in [0, 0.1) is 0 Å². The molecule has 7 nitrogen and oxygen atoms in total. The molecule has 1 aromatic carbocycles. The standard InChI is InChI=1S/C17H23N3O4S/c1-25(22,23)19-12-15-8-9-16(24-15)17(21)20(11-5-10-18)13-14-6-3-2-4-7-14/h2-4,6-9,19H,5,10-13,18H2,1H3. The number of furan rings is 1. The Morgan fingerprint density at radius 3 is 2.56 bits per heavy atom. The molecule has 0 atom stereocenters. The molecule has 0 unspecified atom stereocenters. The van der Waals surface area contributed by atoms with Crippen LogP contribution in [0.2, 0.25) is 0 Å². The van der Waals surface area contributed by atoms with Crippen molar-refractivity contribution in [1.82, 2.24) is 9.62 Å². The number of hydrogen-bond donors (Lipinski definition) is 2. The lowest BCUT2D eigenvalue weighted by Crippen LogP contribution is -2.32. The molecule has 0 aliphatic heterocycles. The maximum atomic E-state index is 12.7. The van der Waals surface area contributed by atoms with Crippen molar-refractivity contribution in [3.8, 4) is 0 Å². The number of amides is 1. The van der Waals surface area contributed by atoms with Gasteiger partial charge in [-0.25, -0.2) is 13.1 Å². The lowest BCUT2D eigenvalue weighted by Gasteiger charge is -2.21. The van der Waals surface area contributed by atoms with Gasteiger partial charge in [-0.3, -0.25) is 4.79 Å². The number of nitrogens with two attached hydrogens (primary N) is 1. The summed E-state index contributed by atoms with van der Waals surface area (Å²) in [6.45, 7) is 1.47. The average molecular weight is 365 g/mol. The molecule has 1 amide bonds. The van der Waals surface area contributed by atoms with Gasteiger partial charge in [0.05, 0.1) is 12.8 Å². The zero-order valence-electron chi connectivity index (χ0n) is 14.1. The molecule has 0 aliphatic carbocycles. The van der Waals surface area contributed by atoms with Crippen LogP contribution in [-0.4, -0.2) is 38.6 Å². The van der Waals surface area contributed by atoms with Crippen molar-refractivity contribution in [2.24, 2.45) is 5.73 Å². The van der Waals surface area contributed by atoms with Gasteiger partial charge in [0.15, 0.2) is 5.76 Å². The van der Waals surface area contributed by atoms with Crippen LogP contribution in [0.4, 0.5) is 0 Å². The molecule has 136 valence electrons. The van der Waals surface area contributed by atoms with E-state index in [0.717, 1.165) is 11.8 Å². The summed E-state index contributed by atoms with van der Waals surface area (Å²) in [6, 6.07) is 12.8. The van der Waals surface area contributed by atoms with Crippen LogP contribution in [0.5, 0.6) is 0 Å². The minimum absolute atomic E-state index is 0.00754. The first-order valence-electron chi connectivity index (χ1n) is 7.95. The van der Waals surface area contributed by atoms with Crippen LogP contribution in [0.15, 0.2) is 46.9 Å². The summed E-state index contributed by atoms with van der Waals surface area (Å²) in [6.07, 6.45) is 1.75. The minimum atomic E-state index is -3.32. The molecule has 0 saturated heterocycles. The predicted octanol–water partition coefficient (Wildman–Crippen LogP) is 1.32. The summed E-state index contributed by atoms with van der Waals surface area (Å²) in [5, 5.41) is 0. The first-order chi connectivity index (χ1) is 11.9. The molecule has 1 aromatic heterocycles. The highest BCUT2D eigenvalue weighted by molar-refractivity contribution is 7.88. The van der Waals surface area contributed by atoms with Crippen molar-refractivity contribution in [2.45, 2.75) is 19.5 Å². The normalized spacial score (nSPS) is 11.4. The first-order valence-corrected chi connectivity index (χ1v) is 9.85. The Balaban J connectivity index is 2.09. The quantitative estimate of drug-likeness (QED) is 0.697. The van der Waals surface area contributed by atoms with E-state index in [-0.39, 0.29) is 18.2 Å². The largest absolute Gasteiger partial charge is 0.455 e. The topological polar surface area (TPSA) is 106 Å². The van der Waals surface area contributed by atoms with Crippen LogP contribution in [-0.2, 0) is 23.1 Å². The summed E-state index contributed by atoms with van der Waals surface area (Å²) in [4.78, 5) is 14.4. The predicted molar refractivity (Wildman–Crippen MR) is 95.2 cm³/mol. The average Bonchev–Trinajstić information content (AvgIpc) is 3.05. The lowest BCUT2D eigenvalue weighted by molar-refractivity contribution is 0.0708. The Kier molecular flexibility index (Phi) is 6.74. The van der Waals surface area contributed by atoms with Gasteiger partial charge in [-0.1, -0.05) is 30.3 Å². The van der Waals surface area contributed by atoms with Crippen LogP contribution in [0.3, 0.4) is 0 Å². The van der Waals surface area contributed by atoms with Gasteiger partial charge in [0.2, 0.25) is 10.0 Å². The fourth-order valence-corrected chi connectivity index (χ4v) is 2.69. The van der Waals surface area contributed by atoms with Crippen LogP contribution in [0.1, 0.15) is 28.3 Å². The third kappa shape index (κ3) is 6.33. The number of nitrogens with zero attached hydrogens (tertiary/aromatic N) is 1. The smallest absolute Gasteiger partial charge is 0.289 e. The van der Waals surface area contributed by atoms with E-state index in [4.69, 9.17) is 10.2 Å². The molecule has 0 bridgehead atoms. The zero-order chi connectivity index (χ0) is 18.3. The van der Waals surface area contributed by atoms with Gasteiger partial charge < -0.3 is 15.1 Å². The SMILES string of the molecule is CS(=O)(=O)NCc1ccc(C(=O)N(CCCN)Cc2ccccc2)o1. The lowest BCUT2D eigenvalue weighted by atomic mass is 10.2. The highest BCUT2D eigenvalue weighted by atomic mass is 32.2. The number of hydrogen-bond acceptors (Lipinski definition) is 5. The molecule has 0 spiro atoms. The summed E-state index contributed by atoms with van der Waals surface area (Å²) in [5.74, 6) is 0.313. The number of carbonyl (C=O) groups is 1. The first kappa shape index (κ1) is 19.2. The van der Waals surface area contributed by atoms with Crippen molar-refractivity contribution in [1.29, 1.82) is 0 Å². The Morgan fingerprint density at radius 2 is 1.92 bits per heavy atom. The molecule has 2 rings (SSSR count). The van der Waals surface area contributed by atoms with E-state index < -0.39 is 10.0 Å². The third-order valence-corrected chi connectivity index (χ3v) is 4.19. The van der Waals surface area contributed by atoms with E-state index in [1.165, 1.54) is 0 Å². The number of rotatable bonds is 9. The number of carbonyl (C=O) groups excluding carboxylic acids is 1. The van der Waals surface area contributed by atoms with Gasteiger partial charge in [-0.2, -0.15) is 0 Å². The van der Waals surface area contributed by atoms with E-state index in [9.17, 15) is 13.2 Å². The second kappa shape index (κ2) is 8.80. The van der Waals surface area contributed by atoms with E-state index in [0.29, 0.717) is 31.8 Å². The maximum Gasteiger partial charge on any atom is 0.289 e. The highest BCUT2D eigenvalue weighted by Gasteiger charge is 2.19. The van der Waals surface area contributed by atoms with Gasteiger partial charge in [0, 0.05) is 13.1 Å². The van der Waals surface area contributed by atoms with E-state index in [2.05, 4.69) is 4.72 Å². The Hall–Kier alpha value is -2.16. The van der Waals surface area contributed by atoms with Crippen molar-refractivity contribution >= 4 is 15.9 Å². The molecule has 25 heavy (non-hydrogen) atoms. The summed E-state index contributed by atoms with van der Waals surface area (Å²) in [5.41, 5.74) is 6.58.